The van der Waals surface area contributed by atoms with Crippen molar-refractivity contribution in [1.82, 2.24) is 0 Å². The van der Waals surface area contributed by atoms with E-state index >= 15 is 0 Å². The molecule has 0 aliphatic rings. The molecule has 0 saturated heterocycles. The van der Waals surface area contributed by atoms with E-state index in [1.807, 2.05) is 0 Å². The Morgan fingerprint density at radius 2 is 0.981 bits per heavy atom. The first kappa shape index (κ1) is 51.7. The predicted octanol–water partition coefficient (Wildman–Crippen LogP) is 12.1. The number of phosphoric ester groups is 1. The first-order valence-electron chi connectivity index (χ1n) is 21.3. The molecule has 0 heterocycles. The highest BCUT2D eigenvalue weighted by Gasteiger charge is 2.26. The maximum atomic E-state index is 12.6. The molecule has 0 radical (unpaired) electrons. The van der Waals surface area contributed by atoms with Gasteiger partial charge in [0.1, 0.15) is 6.61 Å². The second-order valence-corrected chi connectivity index (χ2v) is 15.3. The molecule has 0 amide bonds. The summed E-state index contributed by atoms with van der Waals surface area (Å²) < 4.78 is 32.7. The van der Waals surface area contributed by atoms with Crippen molar-refractivity contribution < 1.29 is 37.6 Å². The van der Waals surface area contributed by atoms with E-state index in [0.29, 0.717) is 12.8 Å². The highest BCUT2D eigenvalue weighted by atomic mass is 31.2. The van der Waals surface area contributed by atoms with Gasteiger partial charge in [-0.25, -0.2) is 4.57 Å². The van der Waals surface area contributed by atoms with Crippen molar-refractivity contribution in [1.29, 1.82) is 0 Å². The lowest BCUT2D eigenvalue weighted by atomic mass is 10.1. The first-order valence-corrected chi connectivity index (χ1v) is 22.8. The summed E-state index contributed by atoms with van der Waals surface area (Å²) in [5, 5.41) is 0. The number of rotatable bonds is 39. The second kappa shape index (κ2) is 40.4. The Morgan fingerprint density at radius 3 is 1.48 bits per heavy atom. The standard InChI is InChI=1S/C44H78NO8P/c1-3-5-7-9-11-13-15-17-19-20-21-22-23-25-27-29-31-33-35-37-44(47)53-42(41-52-54(48,49)51-39-38-45)40-50-43(46)36-34-32-30-28-26-24-18-16-14-12-10-8-6-4-2/h10-13,16-19,21-22,42H,3-9,14-15,20,23-41,45H2,1-2H3,(H,48,49)/b12-10-,13-11-,18-16-,19-17-,22-21-. The summed E-state index contributed by atoms with van der Waals surface area (Å²) in [6.07, 6.45) is 46.7. The predicted molar refractivity (Wildman–Crippen MR) is 224 cm³/mol. The number of ether oxygens (including phenoxy) is 2. The molecule has 0 fully saturated rings. The summed E-state index contributed by atoms with van der Waals surface area (Å²) in [4.78, 5) is 34.8. The molecule has 54 heavy (non-hydrogen) atoms. The topological polar surface area (TPSA) is 134 Å². The largest absolute Gasteiger partial charge is 0.472 e. The summed E-state index contributed by atoms with van der Waals surface area (Å²) in [5.74, 6) is -0.864. The van der Waals surface area contributed by atoms with Crippen LogP contribution in [-0.4, -0.2) is 49.3 Å². The van der Waals surface area contributed by atoms with Crippen molar-refractivity contribution in [2.24, 2.45) is 5.73 Å². The third kappa shape index (κ3) is 39.4. The number of unbranched alkanes of at least 4 members (excludes halogenated alkanes) is 16. The van der Waals surface area contributed by atoms with Gasteiger partial charge in [-0.2, -0.15) is 0 Å². The van der Waals surface area contributed by atoms with Crippen LogP contribution in [0, 0.1) is 0 Å². The molecule has 0 spiro atoms. The minimum absolute atomic E-state index is 0.0463. The van der Waals surface area contributed by atoms with E-state index in [-0.39, 0.29) is 32.6 Å². The van der Waals surface area contributed by atoms with Crippen molar-refractivity contribution in [3.8, 4) is 0 Å². The Morgan fingerprint density at radius 1 is 0.556 bits per heavy atom. The van der Waals surface area contributed by atoms with E-state index in [1.54, 1.807) is 0 Å². The van der Waals surface area contributed by atoms with Crippen molar-refractivity contribution in [3.05, 3.63) is 60.8 Å². The average Bonchev–Trinajstić information content (AvgIpc) is 3.16. The van der Waals surface area contributed by atoms with Crippen LogP contribution < -0.4 is 5.73 Å². The molecular weight excluding hydrogens is 701 g/mol. The van der Waals surface area contributed by atoms with Gasteiger partial charge in [0, 0.05) is 19.4 Å². The van der Waals surface area contributed by atoms with Crippen LogP contribution in [0.4, 0.5) is 0 Å². The van der Waals surface area contributed by atoms with E-state index in [1.165, 1.54) is 38.5 Å². The zero-order valence-electron chi connectivity index (χ0n) is 34.2. The van der Waals surface area contributed by atoms with Crippen molar-refractivity contribution in [3.63, 3.8) is 0 Å². The summed E-state index contributed by atoms with van der Waals surface area (Å²) in [5.41, 5.74) is 5.34. The van der Waals surface area contributed by atoms with E-state index in [9.17, 15) is 19.0 Å². The normalized spacial score (nSPS) is 13.9. The number of carbonyl (C=O) groups is 2. The maximum Gasteiger partial charge on any atom is 0.472 e. The third-order valence-electron chi connectivity index (χ3n) is 8.63. The fourth-order valence-corrected chi connectivity index (χ4v) is 6.19. The zero-order valence-corrected chi connectivity index (χ0v) is 35.1. The Kier molecular flexibility index (Phi) is 38.7. The average molecular weight is 780 g/mol. The van der Waals surface area contributed by atoms with Crippen molar-refractivity contribution in [2.45, 2.75) is 180 Å². The van der Waals surface area contributed by atoms with Gasteiger partial charge in [-0.05, 0) is 77.0 Å². The van der Waals surface area contributed by atoms with E-state index < -0.39 is 32.5 Å². The molecule has 0 aromatic rings. The molecule has 0 saturated carbocycles. The van der Waals surface area contributed by atoms with Crippen LogP contribution in [0.2, 0.25) is 0 Å². The van der Waals surface area contributed by atoms with E-state index in [0.717, 1.165) is 96.3 Å². The Bertz CT molecular complexity index is 1070. The van der Waals surface area contributed by atoms with Crippen LogP contribution >= 0.6 is 7.82 Å². The highest BCUT2D eigenvalue weighted by molar-refractivity contribution is 7.47. The summed E-state index contributed by atoms with van der Waals surface area (Å²) in [6.45, 7) is 3.62. The molecule has 2 unspecified atom stereocenters. The maximum absolute atomic E-state index is 12.6. The molecule has 0 rings (SSSR count). The van der Waals surface area contributed by atoms with Gasteiger partial charge >= 0.3 is 19.8 Å². The number of hydrogen-bond donors (Lipinski definition) is 2. The van der Waals surface area contributed by atoms with Crippen LogP contribution in [0.1, 0.15) is 174 Å². The summed E-state index contributed by atoms with van der Waals surface area (Å²) in [7, 11) is -4.38. The second-order valence-electron chi connectivity index (χ2n) is 13.8. The van der Waals surface area contributed by atoms with Gasteiger partial charge in [-0.1, -0.05) is 145 Å². The molecule has 0 aromatic carbocycles. The summed E-state index contributed by atoms with van der Waals surface area (Å²) in [6, 6.07) is 0. The smallest absolute Gasteiger partial charge is 0.462 e. The van der Waals surface area contributed by atoms with Gasteiger partial charge in [0.25, 0.3) is 0 Å². The molecule has 0 bridgehead atoms. The van der Waals surface area contributed by atoms with Gasteiger partial charge in [-0.3, -0.25) is 18.6 Å². The number of carbonyl (C=O) groups excluding carboxylic acids is 2. The zero-order chi connectivity index (χ0) is 39.6. The van der Waals surface area contributed by atoms with Gasteiger partial charge in [0.15, 0.2) is 6.10 Å². The van der Waals surface area contributed by atoms with E-state index in [4.69, 9.17) is 24.3 Å². The van der Waals surface area contributed by atoms with Crippen LogP contribution in [0.3, 0.4) is 0 Å². The highest BCUT2D eigenvalue weighted by Crippen LogP contribution is 2.43. The first-order chi connectivity index (χ1) is 26.3. The lowest BCUT2D eigenvalue weighted by molar-refractivity contribution is -0.161. The molecular formula is C44H78NO8P. The SMILES string of the molecule is CCCC/C=C\C/C=C\CCCCCCCC(=O)OCC(COP(=O)(O)OCCN)OC(=O)CCCCCCCC/C=C\C/C=C\C/C=C\CCCCC. The molecule has 0 aromatic heterocycles. The number of allylic oxidation sites excluding steroid dienone is 10. The molecule has 0 aliphatic carbocycles. The lowest BCUT2D eigenvalue weighted by Crippen LogP contribution is -2.29. The number of nitrogens with two attached hydrogens (primary N) is 1. The Labute approximate surface area is 329 Å². The van der Waals surface area contributed by atoms with Crippen LogP contribution in [0.25, 0.3) is 0 Å². The molecule has 312 valence electrons. The molecule has 3 N–H and O–H groups in total. The number of esters is 2. The lowest BCUT2D eigenvalue weighted by Gasteiger charge is -2.19. The van der Waals surface area contributed by atoms with Gasteiger partial charge in [0.2, 0.25) is 0 Å². The minimum Gasteiger partial charge on any atom is -0.462 e. The number of hydrogen-bond acceptors (Lipinski definition) is 8. The van der Waals surface area contributed by atoms with Crippen LogP contribution in [0.15, 0.2) is 60.8 Å². The number of phosphoric acid groups is 1. The van der Waals surface area contributed by atoms with Gasteiger partial charge < -0.3 is 20.1 Å². The molecule has 10 heteroatoms. The Hall–Kier alpha value is -2.29. The van der Waals surface area contributed by atoms with Gasteiger partial charge in [-0.15, -0.1) is 0 Å². The molecule has 2 atom stereocenters. The molecule has 0 aliphatic heterocycles. The van der Waals surface area contributed by atoms with Crippen LogP contribution in [0.5, 0.6) is 0 Å². The molecule has 9 nitrogen and oxygen atoms in total. The minimum atomic E-state index is -4.38. The fourth-order valence-electron chi connectivity index (χ4n) is 5.42. The third-order valence-corrected chi connectivity index (χ3v) is 9.61. The van der Waals surface area contributed by atoms with Crippen molar-refractivity contribution in [2.75, 3.05) is 26.4 Å². The Balaban J connectivity index is 4.22. The van der Waals surface area contributed by atoms with Crippen molar-refractivity contribution >= 4 is 19.8 Å². The van der Waals surface area contributed by atoms with Gasteiger partial charge in [0.05, 0.1) is 13.2 Å². The fraction of sp³-hybridized carbons (Fsp3) is 0.727. The monoisotopic (exact) mass is 780 g/mol. The van der Waals surface area contributed by atoms with Crippen LogP contribution in [-0.2, 0) is 32.7 Å². The summed E-state index contributed by atoms with van der Waals surface area (Å²) >= 11 is 0. The quantitative estimate of drug-likeness (QED) is 0.0270. The van der Waals surface area contributed by atoms with E-state index in [2.05, 4.69) is 74.6 Å².